The maximum Gasteiger partial charge on any atom is 0.155 e. The van der Waals surface area contributed by atoms with Crippen molar-refractivity contribution in [2.75, 3.05) is 7.11 Å². The van der Waals surface area contributed by atoms with Crippen LogP contribution in [0, 0.1) is 13.0 Å². The van der Waals surface area contributed by atoms with Crippen LogP contribution >= 0.6 is 0 Å². The van der Waals surface area contributed by atoms with E-state index in [2.05, 4.69) is 11.1 Å². The first-order chi connectivity index (χ1) is 13.9. The Bertz CT molecular complexity index is 984. The number of allylic oxidation sites excluding steroid dienone is 2. The molecule has 1 N–H and O–H groups in total. The van der Waals surface area contributed by atoms with Gasteiger partial charge >= 0.3 is 0 Å². The Morgan fingerprint density at radius 2 is 1.77 bits per heavy atom. The Labute approximate surface area is 191 Å². The minimum Gasteiger partial charge on any atom is -0.540 e. The molecule has 0 aliphatic heterocycles. The number of aromatic nitrogens is 1. The Balaban J connectivity index is 0.000000489. The third-order valence-corrected chi connectivity index (χ3v) is 3.73. The number of aliphatic hydroxyl groups is 1. The van der Waals surface area contributed by atoms with E-state index >= 15 is 0 Å². The van der Waals surface area contributed by atoms with Crippen molar-refractivity contribution in [3.63, 3.8) is 0 Å². The number of methoxy groups -OCH3 is 1. The van der Waals surface area contributed by atoms with Crippen LogP contribution in [0.2, 0.25) is 0 Å². The molecule has 0 aliphatic rings. The molecule has 3 rings (SSSR count). The average Bonchev–Trinajstić information content (AvgIpc) is 2.68. The number of pyridine rings is 1. The third kappa shape index (κ3) is 8.22. The van der Waals surface area contributed by atoms with Crippen molar-refractivity contribution in [1.29, 1.82) is 0 Å². The summed E-state index contributed by atoms with van der Waals surface area (Å²) in [6.45, 7) is 4.86. The Morgan fingerprint density at radius 3 is 2.30 bits per heavy atom. The summed E-state index contributed by atoms with van der Waals surface area (Å²) < 4.78 is 11.1. The van der Waals surface area contributed by atoms with Gasteiger partial charge in [0.05, 0.1) is 12.9 Å². The predicted octanol–water partition coefficient (Wildman–Crippen LogP) is 5.69. The maximum absolute atomic E-state index is 10.0. The molecule has 0 spiro atoms. The molecule has 0 fully saturated rings. The van der Waals surface area contributed by atoms with E-state index in [-0.39, 0.29) is 32.6 Å². The Morgan fingerprint density at radius 1 is 1.07 bits per heavy atom. The maximum atomic E-state index is 10.0. The zero-order valence-electron chi connectivity index (χ0n) is 17.3. The molecular formula is C24H24NO4Pt-. The van der Waals surface area contributed by atoms with Crippen LogP contribution in [0.5, 0.6) is 17.2 Å². The molecule has 160 valence electrons. The second kappa shape index (κ2) is 12.6. The molecule has 1 heterocycles. The van der Waals surface area contributed by atoms with Gasteiger partial charge in [-0.1, -0.05) is 25.1 Å². The topological polar surface area (TPSA) is 68.7 Å². The number of ketones is 1. The van der Waals surface area contributed by atoms with Gasteiger partial charge < -0.3 is 19.6 Å². The fourth-order valence-electron chi connectivity index (χ4n) is 2.51. The van der Waals surface area contributed by atoms with Crippen molar-refractivity contribution in [3.05, 3.63) is 84.3 Å². The second-order valence-electron chi connectivity index (χ2n) is 6.29. The first-order valence-corrected chi connectivity index (χ1v) is 9.02. The van der Waals surface area contributed by atoms with Crippen LogP contribution in [-0.2, 0) is 25.9 Å². The van der Waals surface area contributed by atoms with Gasteiger partial charge in [0.25, 0.3) is 0 Å². The van der Waals surface area contributed by atoms with Crippen molar-refractivity contribution in [1.82, 2.24) is 4.98 Å². The zero-order valence-corrected chi connectivity index (χ0v) is 19.6. The molecule has 5 nitrogen and oxygen atoms in total. The normalized spacial score (nSPS) is 10.2. The van der Waals surface area contributed by atoms with E-state index in [0.717, 1.165) is 34.1 Å². The first kappa shape index (κ1) is 25.1. The summed E-state index contributed by atoms with van der Waals surface area (Å²) in [5.41, 5.74) is 2.83. The van der Waals surface area contributed by atoms with E-state index in [1.165, 1.54) is 19.9 Å². The Hall–Kier alpha value is -2.91. The number of hydrogen-bond acceptors (Lipinski definition) is 5. The van der Waals surface area contributed by atoms with Crippen LogP contribution in [-0.4, -0.2) is 23.0 Å². The first-order valence-electron chi connectivity index (χ1n) is 9.02. The van der Waals surface area contributed by atoms with Gasteiger partial charge in [0.2, 0.25) is 0 Å². The SMILES string of the molecule is CC(=O)/C=C(/C)O.COc1c[c-]c(-c2cc(Oc3ccccc3)ccn2)c(C)c1.[Pt]. The van der Waals surface area contributed by atoms with Crippen molar-refractivity contribution >= 4 is 5.78 Å². The van der Waals surface area contributed by atoms with Crippen molar-refractivity contribution in [2.45, 2.75) is 20.8 Å². The molecule has 1 aromatic heterocycles. The average molecular weight is 586 g/mol. The molecule has 2 aromatic carbocycles. The molecule has 30 heavy (non-hydrogen) atoms. The van der Waals surface area contributed by atoms with Crippen LogP contribution in [0.3, 0.4) is 0 Å². The van der Waals surface area contributed by atoms with Crippen LogP contribution in [0.4, 0.5) is 0 Å². The van der Waals surface area contributed by atoms with Gasteiger partial charge in [-0.2, -0.15) is 0 Å². The number of aryl methyl sites for hydroxylation is 1. The third-order valence-electron chi connectivity index (χ3n) is 3.73. The summed E-state index contributed by atoms with van der Waals surface area (Å²) in [5, 5.41) is 8.36. The van der Waals surface area contributed by atoms with Crippen molar-refractivity contribution < 1.29 is 40.4 Å². The minimum atomic E-state index is -0.125. The molecule has 0 aliphatic carbocycles. The monoisotopic (exact) mass is 585 g/mol. The summed E-state index contributed by atoms with van der Waals surface area (Å²) in [5.74, 6) is 2.28. The molecule has 0 atom stereocenters. The molecular weight excluding hydrogens is 561 g/mol. The number of carbonyl (C=O) groups excluding carboxylic acids is 1. The van der Waals surface area contributed by atoms with Gasteiger partial charge in [0.15, 0.2) is 5.78 Å². The van der Waals surface area contributed by atoms with Gasteiger partial charge in [-0.05, 0) is 43.8 Å². The summed E-state index contributed by atoms with van der Waals surface area (Å²) in [6.07, 6.45) is 2.91. The fraction of sp³-hybridized carbons (Fsp3) is 0.167. The van der Waals surface area contributed by atoms with Crippen LogP contribution in [0.15, 0.2) is 72.6 Å². The summed E-state index contributed by atoms with van der Waals surface area (Å²) >= 11 is 0. The number of nitrogens with zero attached hydrogens (tertiary/aromatic N) is 1. The largest absolute Gasteiger partial charge is 0.540 e. The summed E-state index contributed by atoms with van der Waals surface area (Å²) in [6, 6.07) is 20.5. The molecule has 0 saturated carbocycles. The van der Waals surface area contributed by atoms with Gasteiger partial charge in [-0.25, -0.2) is 0 Å². The summed E-state index contributed by atoms with van der Waals surface area (Å²) in [4.78, 5) is 14.4. The van der Waals surface area contributed by atoms with E-state index in [0.29, 0.717) is 0 Å². The van der Waals surface area contributed by atoms with Crippen molar-refractivity contribution in [2.24, 2.45) is 0 Å². The van der Waals surface area contributed by atoms with Gasteiger partial charge in [-0.15, -0.1) is 29.3 Å². The smallest absolute Gasteiger partial charge is 0.155 e. The quantitative estimate of drug-likeness (QED) is 0.237. The molecule has 0 radical (unpaired) electrons. The number of para-hydroxylation sites is 1. The van der Waals surface area contributed by atoms with E-state index in [4.69, 9.17) is 14.6 Å². The van der Waals surface area contributed by atoms with E-state index < -0.39 is 0 Å². The predicted molar refractivity (Wildman–Crippen MR) is 113 cm³/mol. The van der Waals surface area contributed by atoms with Crippen LogP contribution in [0.25, 0.3) is 11.3 Å². The molecule has 3 aromatic rings. The van der Waals surface area contributed by atoms with Gasteiger partial charge in [-0.3, -0.25) is 4.79 Å². The molecule has 0 saturated heterocycles. The van der Waals surface area contributed by atoms with Crippen molar-refractivity contribution in [3.8, 4) is 28.5 Å². The fourth-order valence-corrected chi connectivity index (χ4v) is 2.51. The number of carbonyl (C=O) groups is 1. The standard InChI is InChI=1S/C19H16NO2.C5H8O2.Pt/c1-14-12-16(21-2)8-9-18(14)19-13-17(10-11-20-19)22-15-6-4-3-5-7-15;1-4(6)3-5(2)7;/h3-8,10-13H,1-2H3;3,6H,1-2H3;/q-1;;/b;4-3-;. The number of rotatable bonds is 5. The molecule has 0 amide bonds. The van der Waals surface area contributed by atoms with E-state index in [1.54, 1.807) is 13.3 Å². The number of benzene rings is 2. The minimum absolute atomic E-state index is 0. The van der Waals surface area contributed by atoms with E-state index in [9.17, 15) is 4.79 Å². The zero-order chi connectivity index (χ0) is 21.2. The molecule has 6 heteroatoms. The number of hydrogen-bond donors (Lipinski definition) is 1. The number of aliphatic hydroxyl groups excluding tert-OH is 1. The Kier molecular flexibility index (Phi) is 10.6. The van der Waals surface area contributed by atoms with Crippen LogP contribution < -0.4 is 9.47 Å². The van der Waals surface area contributed by atoms with E-state index in [1.807, 2.05) is 61.5 Å². The van der Waals surface area contributed by atoms with Crippen LogP contribution in [0.1, 0.15) is 19.4 Å². The number of ether oxygens (including phenoxy) is 2. The molecule has 0 bridgehead atoms. The summed E-state index contributed by atoms with van der Waals surface area (Å²) in [7, 11) is 1.65. The van der Waals surface area contributed by atoms with Gasteiger partial charge in [0, 0.05) is 39.1 Å². The molecule has 0 unspecified atom stereocenters. The second-order valence-corrected chi connectivity index (χ2v) is 6.29. The van der Waals surface area contributed by atoms with Gasteiger partial charge in [0.1, 0.15) is 11.5 Å².